The van der Waals surface area contributed by atoms with Crippen LogP contribution in [0, 0.1) is 10.1 Å². The Morgan fingerprint density at radius 1 is 1.19 bits per heavy atom. The van der Waals surface area contributed by atoms with E-state index in [2.05, 4.69) is 10.2 Å². The van der Waals surface area contributed by atoms with E-state index in [1.165, 1.54) is 37.7 Å². The molecule has 1 saturated heterocycles. The van der Waals surface area contributed by atoms with Crippen LogP contribution in [0.3, 0.4) is 0 Å². The number of rotatable bonds is 3. The van der Waals surface area contributed by atoms with Crippen LogP contribution >= 0.6 is 0 Å². The normalized spacial score (nSPS) is 22.3. The molecule has 0 bridgehead atoms. The number of non-ortho nitro benzene ring substituents is 1. The third kappa shape index (κ3) is 3.09. The second-order valence-electron chi connectivity index (χ2n) is 6.31. The van der Waals surface area contributed by atoms with E-state index in [1.807, 2.05) is 12.1 Å². The quantitative estimate of drug-likeness (QED) is 0.686. The predicted octanol–water partition coefficient (Wildman–Crippen LogP) is 2.70. The van der Waals surface area contributed by atoms with E-state index in [-0.39, 0.29) is 10.6 Å². The van der Waals surface area contributed by atoms with Gasteiger partial charge in [0, 0.05) is 43.9 Å². The first-order valence-electron chi connectivity index (χ1n) is 7.89. The summed E-state index contributed by atoms with van der Waals surface area (Å²) in [4.78, 5) is 13.0. The Bertz CT molecular complexity index is 486. The van der Waals surface area contributed by atoms with Crippen LogP contribution in [-0.4, -0.2) is 35.0 Å². The van der Waals surface area contributed by atoms with Crippen molar-refractivity contribution in [3.05, 3.63) is 39.9 Å². The van der Waals surface area contributed by atoms with Gasteiger partial charge in [0.25, 0.3) is 5.69 Å². The van der Waals surface area contributed by atoms with Gasteiger partial charge >= 0.3 is 0 Å². The third-order valence-electron chi connectivity index (χ3n) is 4.99. The summed E-state index contributed by atoms with van der Waals surface area (Å²) >= 11 is 0. The topological polar surface area (TPSA) is 58.4 Å². The van der Waals surface area contributed by atoms with E-state index < -0.39 is 0 Å². The Hall–Kier alpha value is -1.46. The molecule has 3 rings (SSSR count). The summed E-state index contributed by atoms with van der Waals surface area (Å²) in [5, 5.41) is 14.3. The maximum absolute atomic E-state index is 10.7. The molecule has 1 aromatic carbocycles. The van der Waals surface area contributed by atoms with Gasteiger partial charge in [0.05, 0.1) is 4.92 Å². The van der Waals surface area contributed by atoms with Gasteiger partial charge in [0.2, 0.25) is 0 Å². The van der Waals surface area contributed by atoms with Gasteiger partial charge in [-0.15, -0.1) is 0 Å². The minimum Gasteiger partial charge on any atom is -0.314 e. The molecule has 5 heteroatoms. The molecular formula is C16H23N3O2. The summed E-state index contributed by atoms with van der Waals surface area (Å²) in [5.74, 6) is 0. The van der Waals surface area contributed by atoms with Crippen molar-refractivity contribution in [1.29, 1.82) is 0 Å². The van der Waals surface area contributed by atoms with Gasteiger partial charge in [-0.1, -0.05) is 31.4 Å². The number of nitrogens with zero attached hydrogens (tertiary/aromatic N) is 2. The van der Waals surface area contributed by atoms with Crippen LogP contribution in [-0.2, 0) is 6.54 Å². The number of benzene rings is 1. The van der Waals surface area contributed by atoms with Gasteiger partial charge in [-0.25, -0.2) is 0 Å². The van der Waals surface area contributed by atoms with E-state index in [0.29, 0.717) is 5.54 Å². The highest BCUT2D eigenvalue weighted by atomic mass is 16.6. The van der Waals surface area contributed by atoms with Crippen LogP contribution in [0.15, 0.2) is 24.3 Å². The van der Waals surface area contributed by atoms with Gasteiger partial charge in [0.1, 0.15) is 0 Å². The summed E-state index contributed by atoms with van der Waals surface area (Å²) in [7, 11) is 0. The molecule has 1 N–H and O–H groups in total. The molecule has 1 aromatic rings. The van der Waals surface area contributed by atoms with Crippen molar-refractivity contribution in [1.82, 2.24) is 10.2 Å². The van der Waals surface area contributed by atoms with Crippen molar-refractivity contribution in [3.8, 4) is 0 Å². The lowest BCUT2D eigenvalue weighted by molar-refractivity contribution is -0.384. The van der Waals surface area contributed by atoms with Crippen molar-refractivity contribution >= 4 is 5.69 Å². The van der Waals surface area contributed by atoms with Crippen LogP contribution in [0.2, 0.25) is 0 Å². The van der Waals surface area contributed by atoms with Gasteiger partial charge in [-0.2, -0.15) is 0 Å². The molecule has 0 radical (unpaired) electrons. The Kier molecular flexibility index (Phi) is 4.22. The van der Waals surface area contributed by atoms with Gasteiger partial charge < -0.3 is 5.32 Å². The summed E-state index contributed by atoms with van der Waals surface area (Å²) in [6.45, 7) is 4.09. The maximum atomic E-state index is 10.7. The van der Waals surface area contributed by atoms with E-state index >= 15 is 0 Å². The molecule has 2 aliphatic rings. The number of nitro groups is 1. The fourth-order valence-electron chi connectivity index (χ4n) is 3.78. The van der Waals surface area contributed by atoms with E-state index in [0.717, 1.165) is 26.2 Å². The van der Waals surface area contributed by atoms with E-state index in [9.17, 15) is 10.1 Å². The number of piperazine rings is 1. The second kappa shape index (κ2) is 6.12. The zero-order chi connectivity index (χ0) is 14.7. The molecule has 5 nitrogen and oxygen atoms in total. The summed E-state index contributed by atoms with van der Waals surface area (Å²) < 4.78 is 0. The molecule has 1 aliphatic heterocycles. The van der Waals surface area contributed by atoms with Crippen LogP contribution in [0.25, 0.3) is 0 Å². The van der Waals surface area contributed by atoms with Crippen molar-refractivity contribution in [2.24, 2.45) is 0 Å². The molecule has 0 aromatic heterocycles. The summed E-state index contributed by atoms with van der Waals surface area (Å²) in [6.07, 6.45) is 6.53. The molecule has 0 atom stereocenters. The molecule has 1 aliphatic carbocycles. The third-order valence-corrected chi connectivity index (χ3v) is 4.99. The van der Waals surface area contributed by atoms with E-state index in [4.69, 9.17) is 0 Å². The zero-order valence-corrected chi connectivity index (χ0v) is 12.4. The number of nitrogens with one attached hydrogen (secondary N) is 1. The van der Waals surface area contributed by atoms with Crippen molar-refractivity contribution in [2.45, 2.75) is 44.2 Å². The monoisotopic (exact) mass is 289 g/mol. The number of hydrogen-bond donors (Lipinski definition) is 1. The van der Waals surface area contributed by atoms with Crippen molar-refractivity contribution in [2.75, 3.05) is 19.6 Å². The number of hydrogen-bond acceptors (Lipinski definition) is 4. The highest BCUT2D eigenvalue weighted by Gasteiger charge is 2.39. The summed E-state index contributed by atoms with van der Waals surface area (Å²) in [6, 6.07) is 7.03. The lowest BCUT2D eigenvalue weighted by Crippen LogP contribution is -2.61. The second-order valence-corrected chi connectivity index (χ2v) is 6.31. The van der Waals surface area contributed by atoms with Gasteiger partial charge in [0.15, 0.2) is 0 Å². The number of nitro benzene ring substituents is 1. The highest BCUT2D eigenvalue weighted by Crippen LogP contribution is 2.35. The molecule has 0 unspecified atom stereocenters. The minimum atomic E-state index is -0.336. The minimum absolute atomic E-state index is 0.173. The smallest absolute Gasteiger partial charge is 0.269 e. The fourth-order valence-corrected chi connectivity index (χ4v) is 3.78. The molecule has 21 heavy (non-hydrogen) atoms. The highest BCUT2D eigenvalue weighted by molar-refractivity contribution is 5.33. The van der Waals surface area contributed by atoms with Crippen molar-refractivity contribution in [3.63, 3.8) is 0 Å². The lowest BCUT2D eigenvalue weighted by Gasteiger charge is -2.50. The van der Waals surface area contributed by atoms with E-state index in [1.54, 1.807) is 12.1 Å². The predicted molar refractivity (Wildman–Crippen MR) is 82.2 cm³/mol. The maximum Gasteiger partial charge on any atom is 0.269 e. The Balaban J connectivity index is 1.73. The first-order chi connectivity index (χ1) is 10.2. The lowest BCUT2D eigenvalue weighted by atomic mass is 9.79. The molecule has 1 saturated carbocycles. The average molecular weight is 289 g/mol. The Morgan fingerprint density at radius 3 is 2.57 bits per heavy atom. The molecule has 114 valence electrons. The molecule has 1 spiro atoms. The van der Waals surface area contributed by atoms with Gasteiger partial charge in [-0.3, -0.25) is 15.0 Å². The fraction of sp³-hybridized carbons (Fsp3) is 0.625. The van der Waals surface area contributed by atoms with Crippen LogP contribution in [0.4, 0.5) is 5.69 Å². The SMILES string of the molecule is O=[N+]([O-])c1ccc(CN2CCNCC23CCCCC3)cc1. The van der Waals surface area contributed by atoms with Gasteiger partial charge in [-0.05, 0) is 18.4 Å². The average Bonchev–Trinajstić information content (AvgIpc) is 2.51. The van der Waals surface area contributed by atoms with Crippen molar-refractivity contribution < 1.29 is 4.92 Å². The first-order valence-corrected chi connectivity index (χ1v) is 7.89. The van der Waals surface area contributed by atoms with Crippen LogP contribution in [0.1, 0.15) is 37.7 Å². The van der Waals surface area contributed by atoms with Crippen LogP contribution in [0.5, 0.6) is 0 Å². The Labute approximate surface area is 125 Å². The summed E-state index contributed by atoms with van der Waals surface area (Å²) in [5.41, 5.74) is 1.65. The first kappa shape index (κ1) is 14.5. The molecule has 1 heterocycles. The zero-order valence-electron chi connectivity index (χ0n) is 12.4. The largest absolute Gasteiger partial charge is 0.314 e. The Morgan fingerprint density at radius 2 is 1.90 bits per heavy atom. The van der Waals surface area contributed by atoms with Crippen LogP contribution < -0.4 is 5.32 Å². The molecule has 0 amide bonds. The molecule has 2 fully saturated rings. The standard InChI is InChI=1S/C16H23N3O2/c20-19(21)15-6-4-14(5-7-15)12-18-11-10-17-13-16(18)8-2-1-3-9-16/h4-7,17H,1-3,8-13H2. The molecular weight excluding hydrogens is 266 g/mol.